The number of amides is 1. The van der Waals surface area contributed by atoms with Gasteiger partial charge < -0.3 is 19.3 Å². The van der Waals surface area contributed by atoms with E-state index in [0.29, 0.717) is 5.92 Å². The van der Waals surface area contributed by atoms with Crippen LogP contribution >= 0.6 is 0 Å². The molecule has 2 aliphatic heterocycles. The number of benzene rings is 1. The van der Waals surface area contributed by atoms with E-state index in [4.69, 9.17) is 9.47 Å². The van der Waals surface area contributed by atoms with Crippen LogP contribution in [0.3, 0.4) is 0 Å². The van der Waals surface area contributed by atoms with Gasteiger partial charge >= 0.3 is 0 Å². The van der Waals surface area contributed by atoms with Crippen molar-refractivity contribution in [2.24, 2.45) is 5.92 Å². The molecule has 1 aromatic carbocycles. The zero-order valence-corrected chi connectivity index (χ0v) is 13.2. The number of methoxy groups -OCH3 is 1. The van der Waals surface area contributed by atoms with Crippen LogP contribution < -0.4 is 4.90 Å². The maximum Gasteiger partial charge on any atom is 0.255 e. The molecule has 0 aromatic heterocycles. The summed E-state index contributed by atoms with van der Waals surface area (Å²) >= 11 is 0. The fourth-order valence-electron chi connectivity index (χ4n) is 3.29. The van der Waals surface area contributed by atoms with Gasteiger partial charge in [0.2, 0.25) is 0 Å². The first-order chi connectivity index (χ1) is 10.8. The molecule has 2 heterocycles. The van der Waals surface area contributed by atoms with Crippen LogP contribution in [-0.4, -0.2) is 63.9 Å². The SMILES string of the molecule is COCC1CCN(C(=O)c2ccccc2N2CCOCC2)C1. The Bertz CT molecular complexity index is 514. The zero-order valence-electron chi connectivity index (χ0n) is 13.2. The Morgan fingerprint density at radius 2 is 2.05 bits per heavy atom. The van der Waals surface area contributed by atoms with Crippen molar-refractivity contribution in [1.82, 2.24) is 4.90 Å². The van der Waals surface area contributed by atoms with E-state index >= 15 is 0 Å². The molecule has 0 saturated carbocycles. The first-order valence-corrected chi connectivity index (χ1v) is 7.99. The average molecular weight is 304 g/mol. The molecule has 0 aliphatic carbocycles. The van der Waals surface area contributed by atoms with Crippen molar-refractivity contribution in [3.63, 3.8) is 0 Å². The highest BCUT2D eigenvalue weighted by Gasteiger charge is 2.29. The van der Waals surface area contributed by atoms with Gasteiger partial charge in [-0.15, -0.1) is 0 Å². The van der Waals surface area contributed by atoms with E-state index in [2.05, 4.69) is 4.90 Å². The third-order valence-electron chi connectivity index (χ3n) is 4.46. The van der Waals surface area contributed by atoms with Crippen molar-refractivity contribution < 1.29 is 14.3 Å². The van der Waals surface area contributed by atoms with Crippen LogP contribution in [0, 0.1) is 5.92 Å². The zero-order chi connectivity index (χ0) is 15.4. The Kier molecular flexibility index (Phi) is 4.95. The average Bonchev–Trinajstić information content (AvgIpc) is 3.04. The maximum atomic E-state index is 12.9. The molecule has 1 atom stereocenters. The van der Waals surface area contributed by atoms with Gasteiger partial charge in [-0.3, -0.25) is 4.79 Å². The highest BCUT2D eigenvalue weighted by Crippen LogP contribution is 2.25. The minimum atomic E-state index is 0.140. The molecule has 1 unspecified atom stereocenters. The largest absolute Gasteiger partial charge is 0.384 e. The molecule has 5 heteroatoms. The van der Waals surface area contributed by atoms with Gasteiger partial charge in [-0.2, -0.15) is 0 Å². The standard InChI is InChI=1S/C17H24N2O3/c1-21-13-14-6-7-19(12-14)17(20)15-4-2-3-5-16(15)18-8-10-22-11-9-18/h2-5,14H,6-13H2,1H3. The molecule has 2 fully saturated rings. The van der Waals surface area contributed by atoms with E-state index in [-0.39, 0.29) is 5.91 Å². The van der Waals surface area contributed by atoms with Crippen molar-refractivity contribution in [2.45, 2.75) is 6.42 Å². The summed E-state index contributed by atoms with van der Waals surface area (Å²) in [5.74, 6) is 0.602. The Hall–Kier alpha value is -1.59. The normalized spacial score (nSPS) is 22.1. The molecule has 5 nitrogen and oxygen atoms in total. The molecule has 0 radical (unpaired) electrons. The molecule has 22 heavy (non-hydrogen) atoms. The maximum absolute atomic E-state index is 12.9. The quantitative estimate of drug-likeness (QED) is 0.848. The molecule has 1 amide bonds. The van der Waals surface area contributed by atoms with Crippen LogP contribution in [0.15, 0.2) is 24.3 Å². The third-order valence-corrected chi connectivity index (χ3v) is 4.46. The molecule has 0 bridgehead atoms. The molecule has 0 N–H and O–H groups in total. The molecule has 0 spiro atoms. The second kappa shape index (κ2) is 7.11. The summed E-state index contributed by atoms with van der Waals surface area (Å²) in [5.41, 5.74) is 1.84. The topological polar surface area (TPSA) is 42.0 Å². The number of rotatable bonds is 4. The Morgan fingerprint density at radius 1 is 1.27 bits per heavy atom. The smallest absolute Gasteiger partial charge is 0.255 e. The summed E-state index contributed by atoms with van der Waals surface area (Å²) in [6.07, 6.45) is 1.03. The summed E-state index contributed by atoms with van der Waals surface area (Å²) in [4.78, 5) is 17.1. The predicted molar refractivity (Wildman–Crippen MR) is 85.4 cm³/mol. The predicted octanol–water partition coefficient (Wildman–Crippen LogP) is 1.63. The van der Waals surface area contributed by atoms with Gasteiger partial charge in [-0.05, 0) is 18.6 Å². The van der Waals surface area contributed by atoms with Crippen LogP contribution in [0.2, 0.25) is 0 Å². The lowest BCUT2D eigenvalue weighted by Gasteiger charge is -2.31. The summed E-state index contributed by atoms with van der Waals surface area (Å²) < 4.78 is 10.6. The molecule has 2 saturated heterocycles. The second-order valence-electron chi connectivity index (χ2n) is 5.98. The van der Waals surface area contributed by atoms with Gasteiger partial charge in [-0.25, -0.2) is 0 Å². The Morgan fingerprint density at radius 3 is 2.82 bits per heavy atom. The number of hydrogen-bond donors (Lipinski definition) is 0. The van der Waals surface area contributed by atoms with Crippen LogP contribution in [0.1, 0.15) is 16.8 Å². The highest BCUT2D eigenvalue weighted by atomic mass is 16.5. The van der Waals surface area contributed by atoms with Gasteiger partial charge in [0.05, 0.1) is 25.4 Å². The van der Waals surface area contributed by atoms with Crippen molar-refractivity contribution >= 4 is 11.6 Å². The van der Waals surface area contributed by atoms with E-state index in [9.17, 15) is 4.79 Å². The molecular weight excluding hydrogens is 280 g/mol. The fourth-order valence-corrected chi connectivity index (χ4v) is 3.29. The van der Waals surface area contributed by atoms with E-state index in [1.54, 1.807) is 7.11 Å². The summed E-state index contributed by atoms with van der Waals surface area (Å²) in [7, 11) is 1.72. The summed E-state index contributed by atoms with van der Waals surface area (Å²) in [6, 6.07) is 7.93. The van der Waals surface area contributed by atoms with Crippen LogP contribution in [0.5, 0.6) is 0 Å². The second-order valence-corrected chi connectivity index (χ2v) is 5.98. The number of carbonyl (C=O) groups excluding carboxylic acids is 1. The number of ether oxygens (including phenoxy) is 2. The number of anilines is 1. The van der Waals surface area contributed by atoms with E-state index < -0.39 is 0 Å². The molecule has 120 valence electrons. The van der Waals surface area contributed by atoms with Crippen molar-refractivity contribution in [1.29, 1.82) is 0 Å². The monoisotopic (exact) mass is 304 g/mol. The molecule has 1 aromatic rings. The molecule has 3 rings (SSSR count). The van der Waals surface area contributed by atoms with Gasteiger partial charge in [0.15, 0.2) is 0 Å². The molecular formula is C17H24N2O3. The Labute approximate surface area is 131 Å². The lowest BCUT2D eigenvalue weighted by molar-refractivity contribution is 0.0775. The van der Waals surface area contributed by atoms with Crippen LogP contribution in [-0.2, 0) is 9.47 Å². The summed E-state index contributed by atoms with van der Waals surface area (Å²) in [6.45, 7) is 5.49. The van der Waals surface area contributed by atoms with E-state index in [0.717, 1.165) is 63.7 Å². The number of likely N-dealkylation sites (tertiary alicyclic amines) is 1. The van der Waals surface area contributed by atoms with Crippen LogP contribution in [0.25, 0.3) is 0 Å². The lowest BCUT2D eigenvalue weighted by Crippen LogP contribution is -2.38. The number of carbonyl (C=O) groups is 1. The first kappa shape index (κ1) is 15.3. The van der Waals surface area contributed by atoms with Crippen molar-refractivity contribution in [3.8, 4) is 0 Å². The van der Waals surface area contributed by atoms with E-state index in [1.165, 1.54) is 0 Å². The highest BCUT2D eigenvalue weighted by molar-refractivity contribution is 6.00. The van der Waals surface area contributed by atoms with Gasteiger partial charge in [0.1, 0.15) is 0 Å². The minimum Gasteiger partial charge on any atom is -0.384 e. The van der Waals surface area contributed by atoms with Gasteiger partial charge in [0, 0.05) is 44.9 Å². The fraction of sp³-hybridized carbons (Fsp3) is 0.588. The van der Waals surface area contributed by atoms with Crippen molar-refractivity contribution in [2.75, 3.05) is 58.0 Å². The van der Waals surface area contributed by atoms with E-state index in [1.807, 2.05) is 29.2 Å². The third kappa shape index (κ3) is 3.25. The molecule has 2 aliphatic rings. The first-order valence-electron chi connectivity index (χ1n) is 7.99. The number of nitrogens with zero attached hydrogens (tertiary/aromatic N) is 2. The van der Waals surface area contributed by atoms with Gasteiger partial charge in [-0.1, -0.05) is 12.1 Å². The Balaban J connectivity index is 1.75. The minimum absolute atomic E-state index is 0.140. The lowest BCUT2D eigenvalue weighted by atomic mass is 10.1. The van der Waals surface area contributed by atoms with Crippen LogP contribution in [0.4, 0.5) is 5.69 Å². The summed E-state index contributed by atoms with van der Waals surface area (Å²) in [5, 5.41) is 0. The number of hydrogen-bond acceptors (Lipinski definition) is 4. The van der Waals surface area contributed by atoms with Gasteiger partial charge in [0.25, 0.3) is 5.91 Å². The number of morpholine rings is 1. The number of para-hydroxylation sites is 1. The van der Waals surface area contributed by atoms with Crippen molar-refractivity contribution in [3.05, 3.63) is 29.8 Å².